The van der Waals surface area contributed by atoms with Crippen molar-refractivity contribution >= 4 is 11.9 Å². The Morgan fingerprint density at radius 2 is 2.32 bits per heavy atom. The molecule has 2 atom stereocenters. The molecule has 1 aliphatic heterocycles. The van der Waals surface area contributed by atoms with Gasteiger partial charge in [-0.1, -0.05) is 0 Å². The van der Waals surface area contributed by atoms with Crippen LogP contribution in [0.1, 0.15) is 37.9 Å². The van der Waals surface area contributed by atoms with Crippen LogP contribution in [0, 0.1) is 5.92 Å². The molecule has 1 fully saturated rings. The molecule has 122 valence electrons. The number of carboxylic acid groups (broad SMARTS) is 1. The Morgan fingerprint density at radius 3 is 2.95 bits per heavy atom. The molecule has 0 bridgehead atoms. The normalized spacial score (nSPS) is 21.0. The van der Waals surface area contributed by atoms with E-state index in [1.54, 1.807) is 18.1 Å². The van der Waals surface area contributed by atoms with Gasteiger partial charge in [0.05, 0.1) is 18.2 Å². The standard InChI is InChI=1S/C15H23N3O4/c1-3-18-10-11(9-16-18)14-12(6-8-22-14)15(21)17(2)7-4-5-13(19)20/h9-10,12,14H,3-8H2,1-2H3,(H,19,20)/t12-,14+/m0/s1. The fourth-order valence-electron chi connectivity index (χ4n) is 2.73. The lowest BCUT2D eigenvalue weighted by Gasteiger charge is -2.23. The number of nitrogens with zero attached hydrogens (tertiary/aromatic N) is 3. The lowest BCUT2D eigenvalue weighted by molar-refractivity contribution is -0.139. The van der Waals surface area contributed by atoms with Gasteiger partial charge in [0.25, 0.3) is 0 Å². The molecule has 2 rings (SSSR count). The van der Waals surface area contributed by atoms with E-state index in [9.17, 15) is 9.59 Å². The topological polar surface area (TPSA) is 84.7 Å². The van der Waals surface area contributed by atoms with Crippen molar-refractivity contribution in [3.63, 3.8) is 0 Å². The van der Waals surface area contributed by atoms with Crippen LogP contribution < -0.4 is 0 Å². The molecule has 0 unspecified atom stereocenters. The van der Waals surface area contributed by atoms with Crippen molar-refractivity contribution in [3.05, 3.63) is 18.0 Å². The number of hydrogen-bond acceptors (Lipinski definition) is 4. The van der Waals surface area contributed by atoms with E-state index >= 15 is 0 Å². The van der Waals surface area contributed by atoms with Gasteiger partial charge in [-0.05, 0) is 19.8 Å². The minimum absolute atomic E-state index is 0.0112. The lowest BCUT2D eigenvalue weighted by Crippen LogP contribution is -2.35. The summed E-state index contributed by atoms with van der Waals surface area (Å²) in [5, 5.41) is 12.9. The molecule has 1 aliphatic rings. The maximum atomic E-state index is 12.6. The monoisotopic (exact) mass is 309 g/mol. The molecule has 7 nitrogen and oxygen atoms in total. The molecule has 1 saturated heterocycles. The van der Waals surface area contributed by atoms with E-state index in [4.69, 9.17) is 9.84 Å². The summed E-state index contributed by atoms with van der Waals surface area (Å²) in [6.45, 7) is 3.79. The number of aromatic nitrogens is 2. The minimum atomic E-state index is -0.838. The first-order valence-corrected chi connectivity index (χ1v) is 7.63. The summed E-state index contributed by atoms with van der Waals surface area (Å²) in [6.07, 6.45) is 4.64. The van der Waals surface area contributed by atoms with Crippen LogP contribution in [0.25, 0.3) is 0 Å². The number of carboxylic acids is 1. The molecule has 1 amide bonds. The molecule has 7 heteroatoms. The molecule has 1 aromatic rings. The van der Waals surface area contributed by atoms with Gasteiger partial charge >= 0.3 is 5.97 Å². The van der Waals surface area contributed by atoms with E-state index in [2.05, 4.69) is 5.10 Å². The fraction of sp³-hybridized carbons (Fsp3) is 0.667. The predicted molar refractivity (Wildman–Crippen MR) is 79.2 cm³/mol. The highest BCUT2D eigenvalue weighted by Crippen LogP contribution is 2.35. The Morgan fingerprint density at radius 1 is 1.55 bits per heavy atom. The molecular weight excluding hydrogens is 286 g/mol. The summed E-state index contributed by atoms with van der Waals surface area (Å²) < 4.78 is 7.54. The summed E-state index contributed by atoms with van der Waals surface area (Å²) in [7, 11) is 1.72. The van der Waals surface area contributed by atoms with Crippen molar-refractivity contribution in [1.82, 2.24) is 14.7 Å². The number of carbonyl (C=O) groups excluding carboxylic acids is 1. The van der Waals surface area contributed by atoms with E-state index < -0.39 is 5.97 Å². The van der Waals surface area contributed by atoms with E-state index in [1.165, 1.54) is 0 Å². The molecular formula is C15H23N3O4. The lowest BCUT2D eigenvalue weighted by atomic mass is 9.96. The largest absolute Gasteiger partial charge is 0.481 e. The highest BCUT2D eigenvalue weighted by molar-refractivity contribution is 5.79. The smallest absolute Gasteiger partial charge is 0.303 e. The van der Waals surface area contributed by atoms with E-state index in [1.807, 2.05) is 17.8 Å². The van der Waals surface area contributed by atoms with Crippen LogP contribution >= 0.6 is 0 Å². The minimum Gasteiger partial charge on any atom is -0.481 e. The second kappa shape index (κ2) is 7.40. The molecule has 0 spiro atoms. The van der Waals surface area contributed by atoms with Crippen LogP contribution in [0.15, 0.2) is 12.4 Å². The predicted octanol–water partition coefficient (Wildman–Crippen LogP) is 1.30. The molecule has 22 heavy (non-hydrogen) atoms. The second-order valence-corrected chi connectivity index (χ2v) is 5.57. The molecule has 2 heterocycles. The molecule has 1 aromatic heterocycles. The third-order valence-electron chi connectivity index (χ3n) is 3.98. The van der Waals surface area contributed by atoms with Crippen molar-refractivity contribution in [2.24, 2.45) is 5.92 Å². The highest BCUT2D eigenvalue weighted by atomic mass is 16.5. The number of rotatable bonds is 7. The highest BCUT2D eigenvalue weighted by Gasteiger charge is 2.37. The van der Waals surface area contributed by atoms with E-state index in [-0.39, 0.29) is 24.3 Å². The first-order valence-electron chi connectivity index (χ1n) is 7.63. The average Bonchev–Trinajstić information content (AvgIpc) is 3.14. The van der Waals surface area contributed by atoms with E-state index in [0.717, 1.165) is 12.1 Å². The maximum Gasteiger partial charge on any atom is 0.303 e. The van der Waals surface area contributed by atoms with Crippen LogP contribution in [-0.4, -0.2) is 51.9 Å². The quantitative estimate of drug-likeness (QED) is 0.820. The molecule has 0 radical (unpaired) electrons. The van der Waals surface area contributed by atoms with Gasteiger partial charge in [-0.15, -0.1) is 0 Å². The van der Waals surface area contributed by atoms with Gasteiger partial charge in [0, 0.05) is 44.9 Å². The van der Waals surface area contributed by atoms with Crippen molar-refractivity contribution < 1.29 is 19.4 Å². The van der Waals surface area contributed by atoms with Crippen LogP contribution in [0.4, 0.5) is 0 Å². The van der Waals surface area contributed by atoms with Gasteiger partial charge in [0.15, 0.2) is 0 Å². The van der Waals surface area contributed by atoms with Crippen molar-refractivity contribution in [2.75, 3.05) is 20.2 Å². The van der Waals surface area contributed by atoms with Gasteiger partial charge in [-0.3, -0.25) is 14.3 Å². The Balaban J connectivity index is 1.97. The SMILES string of the molecule is CCn1cc([C@H]2OCC[C@@H]2C(=O)N(C)CCCC(=O)O)cn1. The number of carbonyl (C=O) groups is 2. The third kappa shape index (κ3) is 3.85. The number of aryl methyl sites for hydroxylation is 1. The van der Waals surface area contributed by atoms with Crippen molar-refractivity contribution in [2.45, 2.75) is 38.8 Å². The summed E-state index contributed by atoms with van der Waals surface area (Å²) >= 11 is 0. The first kappa shape index (κ1) is 16.5. The van der Waals surface area contributed by atoms with E-state index in [0.29, 0.717) is 26.0 Å². The van der Waals surface area contributed by atoms with Gasteiger partial charge < -0.3 is 14.7 Å². The Labute approximate surface area is 129 Å². The molecule has 0 saturated carbocycles. The van der Waals surface area contributed by atoms with Gasteiger partial charge in [-0.2, -0.15) is 5.10 Å². The summed E-state index contributed by atoms with van der Waals surface area (Å²) in [5.41, 5.74) is 0.927. The number of aliphatic carboxylic acids is 1. The Bertz CT molecular complexity index is 529. The third-order valence-corrected chi connectivity index (χ3v) is 3.98. The zero-order valence-corrected chi connectivity index (χ0v) is 13.1. The van der Waals surface area contributed by atoms with Crippen LogP contribution in [0.5, 0.6) is 0 Å². The van der Waals surface area contributed by atoms with Crippen molar-refractivity contribution in [3.8, 4) is 0 Å². The van der Waals surface area contributed by atoms with Gasteiger partial charge in [-0.25, -0.2) is 0 Å². The van der Waals surface area contributed by atoms with Crippen molar-refractivity contribution in [1.29, 1.82) is 0 Å². The molecule has 1 N–H and O–H groups in total. The molecule has 0 aliphatic carbocycles. The molecule has 0 aromatic carbocycles. The fourth-order valence-corrected chi connectivity index (χ4v) is 2.73. The summed E-state index contributed by atoms with van der Waals surface area (Å²) in [6, 6.07) is 0. The number of ether oxygens (including phenoxy) is 1. The second-order valence-electron chi connectivity index (χ2n) is 5.57. The maximum absolute atomic E-state index is 12.6. The van der Waals surface area contributed by atoms with Gasteiger partial charge in [0.2, 0.25) is 5.91 Å². The van der Waals surface area contributed by atoms with Crippen LogP contribution in [0.2, 0.25) is 0 Å². The Kier molecular flexibility index (Phi) is 5.54. The number of hydrogen-bond donors (Lipinski definition) is 1. The number of amides is 1. The Hall–Kier alpha value is -1.89. The zero-order chi connectivity index (χ0) is 16.1. The van der Waals surface area contributed by atoms with Crippen LogP contribution in [-0.2, 0) is 20.9 Å². The zero-order valence-electron chi connectivity index (χ0n) is 13.1. The summed E-state index contributed by atoms with van der Waals surface area (Å²) in [5.74, 6) is -1.05. The van der Waals surface area contributed by atoms with Gasteiger partial charge in [0.1, 0.15) is 0 Å². The van der Waals surface area contributed by atoms with Crippen LogP contribution in [0.3, 0.4) is 0 Å². The average molecular weight is 309 g/mol. The summed E-state index contributed by atoms with van der Waals surface area (Å²) in [4.78, 5) is 24.7. The first-order chi connectivity index (χ1) is 10.5.